The van der Waals surface area contributed by atoms with Crippen molar-refractivity contribution < 1.29 is 9.35 Å². The normalized spacial score (nSPS) is 12.2. The molecule has 0 aliphatic carbocycles. The first-order chi connectivity index (χ1) is 4.81. The zero-order valence-electron chi connectivity index (χ0n) is 6.00. The summed E-state index contributed by atoms with van der Waals surface area (Å²) in [6.07, 6.45) is 4.27. The van der Waals surface area contributed by atoms with Crippen molar-refractivity contribution >= 4 is 17.4 Å². The van der Waals surface area contributed by atoms with Crippen molar-refractivity contribution in [2.75, 3.05) is 5.75 Å². The topological polar surface area (TPSA) is 52.5 Å². The number of nitrogens with zero attached hydrogens (tertiary/aromatic N) is 1. The smallest absolute Gasteiger partial charge is 0.288 e. The molecule has 0 aliphatic heterocycles. The van der Waals surface area contributed by atoms with E-state index in [1.807, 2.05) is 0 Å². The molecule has 1 atom stereocenters. The van der Waals surface area contributed by atoms with Crippen molar-refractivity contribution in [2.24, 2.45) is 4.40 Å². The quantitative estimate of drug-likeness (QED) is 0.263. The SMILES string of the molecule is CCCCC[S+]([O-])N=C=O. The first-order valence-electron chi connectivity index (χ1n) is 3.27. The molecule has 1 unspecified atom stereocenters. The Morgan fingerprint density at radius 1 is 1.60 bits per heavy atom. The average molecular weight is 161 g/mol. The summed E-state index contributed by atoms with van der Waals surface area (Å²) in [5.74, 6) is 0.489. The van der Waals surface area contributed by atoms with Crippen LogP contribution in [0.25, 0.3) is 0 Å². The van der Waals surface area contributed by atoms with E-state index in [-0.39, 0.29) is 0 Å². The summed E-state index contributed by atoms with van der Waals surface area (Å²) in [5, 5.41) is 0. The van der Waals surface area contributed by atoms with Gasteiger partial charge in [-0.05, 0) is 12.8 Å². The minimum atomic E-state index is -1.32. The monoisotopic (exact) mass is 161 g/mol. The molecule has 3 nitrogen and oxygen atoms in total. The van der Waals surface area contributed by atoms with Crippen molar-refractivity contribution in [2.45, 2.75) is 26.2 Å². The van der Waals surface area contributed by atoms with Crippen molar-refractivity contribution in [3.05, 3.63) is 0 Å². The highest BCUT2D eigenvalue weighted by Gasteiger charge is 2.01. The van der Waals surface area contributed by atoms with Crippen LogP contribution in [0.2, 0.25) is 0 Å². The first kappa shape index (κ1) is 9.69. The highest BCUT2D eigenvalue weighted by Crippen LogP contribution is 1.99. The van der Waals surface area contributed by atoms with Gasteiger partial charge in [0.15, 0.2) is 0 Å². The Kier molecular flexibility index (Phi) is 6.59. The second-order valence-corrected chi connectivity index (χ2v) is 3.15. The van der Waals surface area contributed by atoms with E-state index >= 15 is 0 Å². The van der Waals surface area contributed by atoms with Crippen LogP contribution in [0, 0.1) is 0 Å². The molecular weight excluding hydrogens is 150 g/mol. The maximum Gasteiger partial charge on any atom is 0.288 e. The number of isocyanates is 1. The van der Waals surface area contributed by atoms with Gasteiger partial charge in [-0.3, -0.25) is 0 Å². The lowest BCUT2D eigenvalue weighted by molar-refractivity contribution is 0.563. The van der Waals surface area contributed by atoms with Gasteiger partial charge in [-0.25, -0.2) is 4.79 Å². The van der Waals surface area contributed by atoms with Gasteiger partial charge in [0, 0.05) is 4.40 Å². The van der Waals surface area contributed by atoms with Gasteiger partial charge in [0.1, 0.15) is 17.1 Å². The summed E-state index contributed by atoms with van der Waals surface area (Å²) in [6.45, 7) is 2.06. The molecule has 0 amide bonds. The zero-order chi connectivity index (χ0) is 7.82. The first-order valence-corrected chi connectivity index (χ1v) is 4.55. The van der Waals surface area contributed by atoms with E-state index in [2.05, 4.69) is 11.3 Å². The van der Waals surface area contributed by atoms with Crippen LogP contribution in [0.5, 0.6) is 0 Å². The summed E-state index contributed by atoms with van der Waals surface area (Å²) in [6, 6.07) is 0. The lowest BCUT2D eigenvalue weighted by Gasteiger charge is -1.98. The molecule has 10 heavy (non-hydrogen) atoms. The number of hydrogen-bond donors (Lipinski definition) is 0. The molecule has 0 N–H and O–H groups in total. The van der Waals surface area contributed by atoms with Gasteiger partial charge in [-0.15, -0.1) is 0 Å². The van der Waals surface area contributed by atoms with Crippen LogP contribution in [0.1, 0.15) is 26.2 Å². The molecule has 58 valence electrons. The van der Waals surface area contributed by atoms with Crippen LogP contribution >= 0.6 is 0 Å². The van der Waals surface area contributed by atoms with Gasteiger partial charge in [-0.1, -0.05) is 13.3 Å². The summed E-state index contributed by atoms with van der Waals surface area (Å²) in [5.41, 5.74) is 0. The van der Waals surface area contributed by atoms with E-state index in [1.165, 1.54) is 6.08 Å². The molecule has 0 saturated heterocycles. The van der Waals surface area contributed by atoms with Crippen molar-refractivity contribution in [1.29, 1.82) is 0 Å². The van der Waals surface area contributed by atoms with E-state index in [4.69, 9.17) is 0 Å². The molecule has 0 aromatic rings. The predicted octanol–water partition coefficient (Wildman–Crippen LogP) is 1.18. The molecule has 0 aromatic heterocycles. The molecule has 0 rings (SSSR count). The Hall–Kier alpha value is -0.310. The van der Waals surface area contributed by atoms with Crippen LogP contribution in [0.4, 0.5) is 0 Å². The van der Waals surface area contributed by atoms with Crippen LogP contribution in [0.15, 0.2) is 4.40 Å². The van der Waals surface area contributed by atoms with Gasteiger partial charge >= 0.3 is 0 Å². The highest BCUT2D eigenvalue weighted by atomic mass is 32.2. The van der Waals surface area contributed by atoms with Crippen LogP contribution in [-0.2, 0) is 16.2 Å². The van der Waals surface area contributed by atoms with Crippen LogP contribution < -0.4 is 0 Å². The summed E-state index contributed by atoms with van der Waals surface area (Å²) in [7, 11) is 0. The van der Waals surface area contributed by atoms with E-state index < -0.39 is 11.4 Å². The molecule has 0 aliphatic rings. The molecule has 0 bridgehead atoms. The van der Waals surface area contributed by atoms with Gasteiger partial charge in [-0.2, -0.15) is 0 Å². The third-order valence-electron chi connectivity index (χ3n) is 1.06. The van der Waals surface area contributed by atoms with E-state index in [9.17, 15) is 9.35 Å². The lowest BCUT2D eigenvalue weighted by atomic mass is 10.3. The third kappa shape index (κ3) is 5.82. The highest BCUT2D eigenvalue weighted by molar-refractivity contribution is 7.90. The second-order valence-electron chi connectivity index (χ2n) is 1.92. The Morgan fingerprint density at radius 3 is 2.80 bits per heavy atom. The van der Waals surface area contributed by atoms with Crippen molar-refractivity contribution in [3.63, 3.8) is 0 Å². The lowest BCUT2D eigenvalue weighted by Crippen LogP contribution is -2.01. The Labute approximate surface area is 63.9 Å². The van der Waals surface area contributed by atoms with Gasteiger partial charge < -0.3 is 4.55 Å². The number of unbranched alkanes of at least 4 members (excludes halogenated alkanes) is 2. The molecule has 0 aromatic carbocycles. The van der Waals surface area contributed by atoms with E-state index in [0.717, 1.165) is 19.3 Å². The molecule has 0 fully saturated rings. The fourth-order valence-corrected chi connectivity index (χ4v) is 1.19. The zero-order valence-corrected chi connectivity index (χ0v) is 6.82. The Bertz CT molecular complexity index is 123. The molecule has 0 heterocycles. The van der Waals surface area contributed by atoms with Gasteiger partial charge in [0.25, 0.3) is 6.08 Å². The molecule has 0 radical (unpaired) electrons. The molecule has 4 heteroatoms. The van der Waals surface area contributed by atoms with Gasteiger partial charge in [0.05, 0.1) is 0 Å². The minimum absolute atomic E-state index is 0.489. The summed E-state index contributed by atoms with van der Waals surface area (Å²) >= 11 is -1.32. The summed E-state index contributed by atoms with van der Waals surface area (Å²) < 4.78 is 13.7. The Morgan fingerprint density at radius 2 is 2.30 bits per heavy atom. The second kappa shape index (κ2) is 6.81. The fraction of sp³-hybridized carbons (Fsp3) is 0.833. The van der Waals surface area contributed by atoms with E-state index in [1.54, 1.807) is 0 Å². The third-order valence-corrected chi connectivity index (χ3v) is 1.98. The number of rotatable bonds is 5. The Balaban J connectivity index is 3.21. The molecular formula is C6H11NO2S. The maximum absolute atomic E-state index is 10.6. The maximum atomic E-state index is 10.6. The van der Waals surface area contributed by atoms with Crippen LogP contribution in [-0.4, -0.2) is 16.4 Å². The van der Waals surface area contributed by atoms with Crippen molar-refractivity contribution in [1.82, 2.24) is 0 Å². The molecule has 0 spiro atoms. The van der Waals surface area contributed by atoms with Gasteiger partial charge in [0.2, 0.25) is 0 Å². The average Bonchev–Trinajstić information content (AvgIpc) is 1.89. The number of hydrogen-bond acceptors (Lipinski definition) is 3. The molecule has 0 saturated carbocycles. The summed E-state index contributed by atoms with van der Waals surface area (Å²) in [4.78, 5) is 9.56. The number of carbonyl (C=O) groups excluding carboxylic acids is 1. The predicted molar refractivity (Wildman–Crippen MR) is 40.7 cm³/mol. The standard InChI is InChI=1S/C6H11NO2S/c1-2-3-4-5-10(9)7-6-8/h2-5H2,1H3. The van der Waals surface area contributed by atoms with E-state index in [0.29, 0.717) is 5.75 Å². The van der Waals surface area contributed by atoms with Crippen LogP contribution in [0.3, 0.4) is 0 Å². The van der Waals surface area contributed by atoms with Crippen molar-refractivity contribution in [3.8, 4) is 0 Å². The fourth-order valence-electron chi connectivity index (χ4n) is 0.563. The minimum Gasteiger partial charge on any atom is -0.591 e. The largest absolute Gasteiger partial charge is 0.591 e.